The van der Waals surface area contributed by atoms with Crippen LogP contribution in [0.1, 0.15) is 105 Å². The van der Waals surface area contributed by atoms with E-state index in [2.05, 4.69) is 6.07 Å². The second-order valence-corrected chi connectivity index (χ2v) is 20.7. The molecule has 5 aromatic carbocycles. The summed E-state index contributed by atoms with van der Waals surface area (Å²) in [5.74, 6) is 0. The van der Waals surface area contributed by atoms with Gasteiger partial charge < -0.3 is 0 Å². The van der Waals surface area contributed by atoms with Crippen LogP contribution in [0.25, 0.3) is 11.1 Å². The van der Waals surface area contributed by atoms with Crippen molar-refractivity contribution in [3.63, 3.8) is 0 Å². The summed E-state index contributed by atoms with van der Waals surface area (Å²) >= 11 is 0. The molecule has 0 aliphatic heterocycles. The van der Waals surface area contributed by atoms with Crippen molar-refractivity contribution in [3.05, 3.63) is 137 Å². The number of halogens is 12. The van der Waals surface area contributed by atoms with Crippen LogP contribution in [0, 0.1) is 0 Å². The van der Waals surface area contributed by atoms with Crippen LogP contribution in [0.5, 0.6) is 0 Å². The van der Waals surface area contributed by atoms with E-state index in [-0.39, 0.29) is 29.2 Å². The number of hydrogen-bond acceptors (Lipinski definition) is 0. The largest absolute Gasteiger partial charge is 2.00 e. The van der Waals surface area contributed by atoms with Gasteiger partial charge in [0.15, 0.2) is 0 Å². The number of rotatable bonds is 8. The molecule has 15 heteroatoms. The van der Waals surface area contributed by atoms with Crippen molar-refractivity contribution in [1.82, 2.24) is 0 Å². The zero-order chi connectivity index (χ0) is 43.5. The van der Waals surface area contributed by atoms with Crippen LogP contribution in [0.2, 0.25) is 0 Å². The van der Waals surface area contributed by atoms with E-state index in [1.165, 1.54) is 6.92 Å². The van der Waals surface area contributed by atoms with Crippen LogP contribution in [-0.4, -0.2) is 11.3 Å². The quantitative estimate of drug-likeness (QED) is 0.0629. The van der Waals surface area contributed by atoms with Crippen LogP contribution in [0.15, 0.2) is 109 Å². The molecule has 2 aliphatic rings. The minimum Gasteiger partial charge on any atom is -0.214 e. The van der Waals surface area contributed by atoms with Crippen LogP contribution >= 0.6 is 15.8 Å². The molecule has 7 rings (SSSR count). The van der Waals surface area contributed by atoms with Crippen LogP contribution in [-0.2, 0) is 41.8 Å². The first kappa shape index (κ1) is 48.9. The van der Waals surface area contributed by atoms with Crippen LogP contribution in [0.4, 0.5) is 52.7 Å². The van der Waals surface area contributed by atoms with E-state index >= 15 is 0 Å². The molecule has 5 aromatic rings. The van der Waals surface area contributed by atoms with Gasteiger partial charge in [-0.2, -0.15) is 83.0 Å². The Bertz CT molecular complexity index is 1960. The average Bonchev–Trinajstić information content (AvgIpc) is 3.95. The third-order valence-electron chi connectivity index (χ3n) is 11.4. The SMILES string of the molecule is CC([c-]1cccc1-c1ccccc1P(C1CCCCC1)C1CCCCC1)P(c1cc(C(F)(F)F)cc(C(F)(F)F)c1)c1cc(C(F)(F)F)cc(C(F)(F)F)c1.[Fe+2].c1cc[cH-]c1. The van der Waals surface area contributed by atoms with Gasteiger partial charge in [0.25, 0.3) is 0 Å². The molecule has 0 amide bonds. The molecule has 0 radical (unpaired) electrons. The Hall–Kier alpha value is -3.10. The summed E-state index contributed by atoms with van der Waals surface area (Å²) in [5.41, 5.74) is -5.20. The standard InChI is InChI=1S/C41H39F12P2.C5H5.Fe/c1-25(34-16-10-17-35(34)36-15-8-9-18-37(36)55(30-11-4-2-5-12-30)31-13-6-3-7-14-31)54(32-21-26(38(42,43)44)19-27(22-32)39(45,46)47)33-23-28(40(48,49)50)20-29(24-33)41(51,52)53;1-2-4-5-3-1;/h8-10,15-25,30-31H,2-7,11-14H2,1H3;1-5H;/q2*-1;+2. The normalized spacial score (nSPS) is 16.6. The molecule has 0 nitrogen and oxygen atoms in total. The third kappa shape index (κ3) is 12.1. The van der Waals surface area contributed by atoms with Gasteiger partial charge in [0.05, 0.1) is 22.3 Å². The molecular formula is C46H44F12FeP2. The Morgan fingerprint density at radius 2 is 0.951 bits per heavy atom. The third-order valence-corrected chi connectivity index (χ3v) is 17.6. The van der Waals surface area contributed by atoms with E-state index in [0.717, 1.165) is 75.1 Å². The topological polar surface area (TPSA) is 0 Å². The molecule has 330 valence electrons. The summed E-state index contributed by atoms with van der Waals surface area (Å²) in [5, 5.41) is -0.175. The maximum Gasteiger partial charge on any atom is 2.00 e. The molecule has 2 aliphatic carbocycles. The molecule has 0 saturated heterocycles. The maximum atomic E-state index is 14.2. The predicted molar refractivity (Wildman–Crippen MR) is 217 cm³/mol. The Kier molecular flexibility index (Phi) is 16.2. The molecule has 1 unspecified atom stereocenters. The van der Waals surface area contributed by atoms with Crippen molar-refractivity contribution in [1.29, 1.82) is 0 Å². The van der Waals surface area contributed by atoms with Gasteiger partial charge in [0.2, 0.25) is 0 Å². The summed E-state index contributed by atoms with van der Waals surface area (Å²) in [6, 6.07) is 24.3. The fourth-order valence-corrected chi connectivity index (χ4v) is 15.4. The second-order valence-electron chi connectivity index (χ2n) is 15.4. The van der Waals surface area contributed by atoms with Gasteiger partial charge in [0, 0.05) is 0 Å². The Labute approximate surface area is 361 Å². The molecule has 0 N–H and O–H groups in total. The first-order chi connectivity index (χ1) is 28.2. The van der Waals surface area contributed by atoms with Gasteiger partial charge in [-0.1, -0.05) is 88.5 Å². The van der Waals surface area contributed by atoms with Crippen molar-refractivity contribution in [3.8, 4) is 11.1 Å². The minimum absolute atomic E-state index is 0. The maximum absolute atomic E-state index is 14.2. The average molecular weight is 943 g/mol. The van der Waals surface area contributed by atoms with Gasteiger partial charge in [-0.05, 0) is 97.6 Å². The molecule has 1 atom stereocenters. The summed E-state index contributed by atoms with van der Waals surface area (Å²) in [7, 11) is -3.48. The second kappa shape index (κ2) is 20.2. The molecule has 0 spiro atoms. The molecule has 0 aromatic heterocycles. The van der Waals surface area contributed by atoms with Crippen LogP contribution < -0.4 is 15.9 Å². The van der Waals surface area contributed by atoms with E-state index in [1.54, 1.807) is 18.2 Å². The Balaban J connectivity index is 0.00000109. The van der Waals surface area contributed by atoms with Gasteiger partial charge >= 0.3 is 41.8 Å². The monoisotopic (exact) mass is 942 g/mol. The fraction of sp³-hybridized carbons (Fsp3) is 0.391. The van der Waals surface area contributed by atoms with E-state index in [0.29, 0.717) is 46.7 Å². The Morgan fingerprint density at radius 3 is 1.33 bits per heavy atom. The van der Waals surface area contributed by atoms with E-state index in [1.807, 2.05) is 48.5 Å². The number of benzene rings is 3. The smallest absolute Gasteiger partial charge is 0.214 e. The van der Waals surface area contributed by atoms with Crippen LogP contribution in [0.3, 0.4) is 0 Å². The van der Waals surface area contributed by atoms with Crippen molar-refractivity contribution in [2.24, 2.45) is 0 Å². The van der Waals surface area contributed by atoms with E-state index < -0.39 is 79.1 Å². The predicted octanol–water partition coefficient (Wildman–Crippen LogP) is 15.5. The molecule has 61 heavy (non-hydrogen) atoms. The van der Waals surface area contributed by atoms with E-state index in [4.69, 9.17) is 0 Å². The summed E-state index contributed by atoms with van der Waals surface area (Å²) in [4.78, 5) is 0. The molecule has 2 fully saturated rings. The first-order valence-electron chi connectivity index (χ1n) is 19.9. The molecule has 0 heterocycles. The minimum atomic E-state index is -5.30. The van der Waals surface area contributed by atoms with Crippen molar-refractivity contribution in [2.45, 2.75) is 113 Å². The van der Waals surface area contributed by atoms with Gasteiger partial charge in [-0.25, -0.2) is 12.1 Å². The zero-order valence-electron chi connectivity index (χ0n) is 33.0. The zero-order valence-corrected chi connectivity index (χ0v) is 35.9. The van der Waals surface area contributed by atoms with Crippen molar-refractivity contribution < 1.29 is 69.8 Å². The Morgan fingerprint density at radius 1 is 0.541 bits per heavy atom. The molecule has 0 bridgehead atoms. The summed E-state index contributed by atoms with van der Waals surface area (Å²) in [6.45, 7) is 1.46. The van der Waals surface area contributed by atoms with E-state index in [9.17, 15) is 52.7 Å². The molecular weight excluding hydrogens is 898 g/mol. The summed E-state index contributed by atoms with van der Waals surface area (Å²) in [6.07, 6.45) is -10.2. The van der Waals surface area contributed by atoms with Crippen molar-refractivity contribution >= 4 is 31.8 Å². The number of alkyl halides is 12. The molecule has 2 saturated carbocycles. The van der Waals surface area contributed by atoms with Gasteiger partial charge in [-0.15, -0.1) is 17.2 Å². The summed E-state index contributed by atoms with van der Waals surface area (Å²) < 4.78 is 170. The number of hydrogen-bond donors (Lipinski definition) is 0. The van der Waals surface area contributed by atoms with Crippen molar-refractivity contribution in [2.75, 3.05) is 0 Å². The van der Waals surface area contributed by atoms with Gasteiger partial charge in [0.1, 0.15) is 0 Å². The van der Waals surface area contributed by atoms with Gasteiger partial charge in [-0.3, -0.25) is 0 Å². The first-order valence-corrected chi connectivity index (χ1v) is 22.8. The fourth-order valence-electron chi connectivity index (χ4n) is 8.59.